The maximum atomic E-state index is 8.48. The van der Waals surface area contributed by atoms with Gasteiger partial charge in [0, 0.05) is 19.5 Å². The monoisotopic (exact) mass is 199 g/mol. The van der Waals surface area contributed by atoms with E-state index in [4.69, 9.17) is 5.26 Å². The van der Waals surface area contributed by atoms with E-state index in [2.05, 4.69) is 42.5 Å². The maximum absolute atomic E-state index is 8.48. The number of benzene rings is 1. The second kappa shape index (κ2) is 6.26. The summed E-state index contributed by atoms with van der Waals surface area (Å²) in [6.07, 6.45) is 0.593. The number of hydrogen-bond acceptors (Lipinski definition) is 2. The van der Waals surface area contributed by atoms with Crippen LogP contribution in [0.1, 0.15) is 12.0 Å². The average Bonchev–Trinajstić information content (AvgIpc) is 2.26. The molecule has 0 spiro atoms. The van der Waals surface area contributed by atoms with Crippen molar-refractivity contribution in [2.75, 3.05) is 13.6 Å². The summed E-state index contributed by atoms with van der Waals surface area (Å²) in [7, 11) is 4.14. The zero-order chi connectivity index (χ0) is 11.1. The molecule has 0 saturated carbocycles. The molecule has 2 nitrogen and oxygen atoms in total. The van der Waals surface area contributed by atoms with Crippen LogP contribution in [0.25, 0.3) is 0 Å². The van der Waals surface area contributed by atoms with Crippen LogP contribution >= 0.6 is 0 Å². The van der Waals surface area contributed by atoms with Crippen molar-refractivity contribution < 1.29 is 0 Å². The van der Waals surface area contributed by atoms with Crippen molar-refractivity contribution in [2.24, 2.45) is 0 Å². The van der Waals surface area contributed by atoms with Crippen molar-refractivity contribution in [3.63, 3.8) is 0 Å². The van der Waals surface area contributed by atoms with Gasteiger partial charge in [-0.3, -0.25) is 0 Å². The minimum absolute atomic E-state index is 0.593. The highest BCUT2D eigenvalue weighted by Crippen LogP contribution is 2.01. The van der Waals surface area contributed by atoms with Crippen LogP contribution in [0.2, 0.25) is 6.82 Å². The highest BCUT2D eigenvalue weighted by molar-refractivity contribution is 6.51. The van der Waals surface area contributed by atoms with Gasteiger partial charge in [-0.1, -0.05) is 36.6 Å². The first-order valence-corrected chi connectivity index (χ1v) is 5.20. The molecule has 3 heteroatoms. The Morgan fingerprint density at radius 3 is 2.93 bits per heavy atom. The molecule has 0 unspecified atom stereocenters. The van der Waals surface area contributed by atoms with Crippen molar-refractivity contribution in [1.29, 1.82) is 5.26 Å². The molecule has 1 aromatic carbocycles. The molecule has 0 amide bonds. The first kappa shape index (κ1) is 11.8. The zero-order valence-electron chi connectivity index (χ0n) is 9.40. The van der Waals surface area contributed by atoms with Gasteiger partial charge < -0.3 is 4.90 Å². The Hall–Kier alpha value is -1.27. The molecule has 0 aromatic heterocycles. The molecule has 1 radical (unpaired) electrons. The van der Waals surface area contributed by atoms with Gasteiger partial charge in [-0.2, -0.15) is 5.26 Å². The van der Waals surface area contributed by atoms with Gasteiger partial charge in [-0.15, -0.1) is 0 Å². The molecule has 1 aromatic rings. The molecule has 0 aliphatic heterocycles. The highest BCUT2D eigenvalue weighted by Gasteiger charge is 2.00. The third-order valence-corrected chi connectivity index (χ3v) is 2.34. The van der Waals surface area contributed by atoms with E-state index in [0.29, 0.717) is 6.42 Å². The Morgan fingerprint density at radius 2 is 2.27 bits per heavy atom. The third-order valence-electron chi connectivity index (χ3n) is 2.34. The van der Waals surface area contributed by atoms with Gasteiger partial charge in [0.15, 0.2) is 0 Å². The minimum atomic E-state index is 0.593. The second-order valence-corrected chi connectivity index (χ2v) is 3.68. The number of nitriles is 1. The van der Waals surface area contributed by atoms with Crippen molar-refractivity contribution >= 4 is 12.7 Å². The predicted molar refractivity (Wildman–Crippen MR) is 64.3 cm³/mol. The molecular weight excluding hydrogens is 183 g/mol. The standard InChI is InChI=1S/C12H16BN2/c1-13-12-6-3-5-11(9-12)10-15(2)8-4-7-14/h3,5-6,9H,4,8,10H2,1-2H3. The number of hydrogen-bond donors (Lipinski definition) is 0. The molecule has 0 saturated heterocycles. The lowest BCUT2D eigenvalue weighted by Crippen LogP contribution is -2.20. The zero-order valence-corrected chi connectivity index (χ0v) is 9.40. The van der Waals surface area contributed by atoms with Crippen LogP contribution in [0.4, 0.5) is 0 Å². The van der Waals surface area contributed by atoms with E-state index < -0.39 is 0 Å². The van der Waals surface area contributed by atoms with Crippen LogP contribution in [0.15, 0.2) is 24.3 Å². The quantitative estimate of drug-likeness (QED) is 0.670. The lowest BCUT2D eigenvalue weighted by atomic mass is 9.73. The average molecular weight is 199 g/mol. The molecule has 77 valence electrons. The number of rotatable bonds is 5. The van der Waals surface area contributed by atoms with Gasteiger partial charge in [0.2, 0.25) is 0 Å². The molecule has 0 heterocycles. The summed E-state index contributed by atoms with van der Waals surface area (Å²) in [6.45, 7) is 3.78. The molecule has 0 bridgehead atoms. The van der Waals surface area contributed by atoms with Gasteiger partial charge in [0.25, 0.3) is 0 Å². The van der Waals surface area contributed by atoms with Crippen LogP contribution < -0.4 is 5.46 Å². The van der Waals surface area contributed by atoms with E-state index >= 15 is 0 Å². The fourth-order valence-corrected chi connectivity index (χ4v) is 1.50. The summed E-state index contributed by atoms with van der Waals surface area (Å²) in [5, 5.41) is 8.48. The maximum Gasteiger partial charge on any atom is 0.148 e. The summed E-state index contributed by atoms with van der Waals surface area (Å²) >= 11 is 0. The summed E-state index contributed by atoms with van der Waals surface area (Å²) in [5.41, 5.74) is 2.55. The van der Waals surface area contributed by atoms with Gasteiger partial charge in [0.1, 0.15) is 7.28 Å². The van der Waals surface area contributed by atoms with Crippen LogP contribution in [0.3, 0.4) is 0 Å². The molecule has 0 atom stereocenters. The lowest BCUT2D eigenvalue weighted by Gasteiger charge is -2.15. The molecular formula is C12H16BN2. The van der Waals surface area contributed by atoms with Crippen molar-refractivity contribution in [3.05, 3.63) is 29.8 Å². The van der Waals surface area contributed by atoms with E-state index in [1.54, 1.807) is 0 Å². The SMILES string of the molecule is C[B]c1cccc(CN(C)CCC#N)c1. The van der Waals surface area contributed by atoms with Crippen LogP contribution in [-0.2, 0) is 6.54 Å². The summed E-state index contributed by atoms with van der Waals surface area (Å²) in [4.78, 5) is 2.16. The topological polar surface area (TPSA) is 27.0 Å². The summed E-state index contributed by atoms with van der Waals surface area (Å²) in [6, 6.07) is 10.6. The number of nitrogens with zero attached hydrogens (tertiary/aromatic N) is 2. The van der Waals surface area contributed by atoms with Crippen LogP contribution in [0.5, 0.6) is 0 Å². The van der Waals surface area contributed by atoms with Gasteiger partial charge in [-0.25, -0.2) is 0 Å². The Labute approximate surface area is 92.8 Å². The van der Waals surface area contributed by atoms with E-state index in [0.717, 1.165) is 13.1 Å². The van der Waals surface area contributed by atoms with Crippen molar-refractivity contribution in [1.82, 2.24) is 4.90 Å². The molecule has 0 aliphatic rings. The highest BCUT2D eigenvalue weighted by atomic mass is 15.1. The second-order valence-electron chi connectivity index (χ2n) is 3.68. The normalized spacial score (nSPS) is 10.0. The largest absolute Gasteiger partial charge is 0.301 e. The Kier molecular flexibility index (Phi) is 4.93. The van der Waals surface area contributed by atoms with Crippen LogP contribution in [0, 0.1) is 11.3 Å². The Bertz CT molecular complexity index is 344. The minimum Gasteiger partial charge on any atom is -0.301 e. The van der Waals surface area contributed by atoms with Crippen molar-refractivity contribution in [2.45, 2.75) is 19.8 Å². The predicted octanol–water partition coefficient (Wildman–Crippen LogP) is 1.41. The smallest absolute Gasteiger partial charge is 0.148 e. The van der Waals surface area contributed by atoms with E-state index in [-0.39, 0.29) is 0 Å². The van der Waals surface area contributed by atoms with Crippen molar-refractivity contribution in [3.8, 4) is 6.07 Å². The third kappa shape index (κ3) is 4.18. The summed E-state index contributed by atoms with van der Waals surface area (Å²) in [5.74, 6) is 0. The Balaban J connectivity index is 2.52. The first-order valence-electron chi connectivity index (χ1n) is 5.20. The molecule has 0 fully saturated rings. The first-order chi connectivity index (χ1) is 7.26. The molecule has 1 rings (SSSR count). The van der Waals surface area contributed by atoms with Crippen LogP contribution in [-0.4, -0.2) is 25.8 Å². The molecule has 0 aliphatic carbocycles. The molecule has 15 heavy (non-hydrogen) atoms. The fraction of sp³-hybridized carbons (Fsp3) is 0.417. The molecule has 0 N–H and O–H groups in total. The van der Waals surface area contributed by atoms with E-state index in [1.807, 2.05) is 13.9 Å². The van der Waals surface area contributed by atoms with E-state index in [9.17, 15) is 0 Å². The van der Waals surface area contributed by atoms with Gasteiger partial charge in [0.05, 0.1) is 6.07 Å². The van der Waals surface area contributed by atoms with E-state index in [1.165, 1.54) is 11.0 Å². The lowest BCUT2D eigenvalue weighted by molar-refractivity contribution is 0.335. The van der Waals surface area contributed by atoms with Gasteiger partial charge in [-0.05, 0) is 12.6 Å². The Morgan fingerprint density at radius 1 is 1.47 bits per heavy atom. The van der Waals surface area contributed by atoms with Gasteiger partial charge >= 0.3 is 0 Å². The fourth-order valence-electron chi connectivity index (χ4n) is 1.50. The summed E-state index contributed by atoms with van der Waals surface area (Å²) < 4.78 is 0.